The van der Waals surface area contributed by atoms with Crippen LogP contribution in [0.1, 0.15) is 49.7 Å². The molecule has 4 rings (SSSR count). The molecule has 1 aliphatic heterocycles. The van der Waals surface area contributed by atoms with Crippen LogP contribution in [0.15, 0.2) is 8.95 Å². The van der Waals surface area contributed by atoms with Gasteiger partial charge in [-0.25, -0.2) is 4.98 Å². The molecule has 0 unspecified atom stereocenters. The van der Waals surface area contributed by atoms with Gasteiger partial charge in [-0.3, -0.25) is 0 Å². The van der Waals surface area contributed by atoms with Crippen molar-refractivity contribution < 1.29 is 0 Å². The molecule has 1 aliphatic carbocycles. The van der Waals surface area contributed by atoms with Gasteiger partial charge in [-0.2, -0.15) is 0 Å². The minimum absolute atomic E-state index is 0.583. The molecule has 0 radical (unpaired) electrons. The molecule has 1 N–H and O–H groups in total. The first kappa shape index (κ1) is 16.4. The number of halogens is 3. The average molecular weight is 506 g/mol. The second-order valence-corrected chi connectivity index (χ2v) is 8.73. The standard InChI is InChI=1S/C17H20Br3N3/c18-9-12-11-7-4-8-23-16(11)15(14(20)13(12)19)22-17(23)21-10-5-2-1-3-6-10/h10H,1-9H2,(H,21,22). The molecule has 0 spiro atoms. The minimum Gasteiger partial charge on any atom is -0.353 e. The molecule has 124 valence electrons. The lowest BCUT2D eigenvalue weighted by molar-refractivity contribution is 0.458. The van der Waals surface area contributed by atoms with E-state index in [0.717, 1.165) is 38.7 Å². The molecular weight excluding hydrogens is 486 g/mol. The maximum Gasteiger partial charge on any atom is 0.204 e. The third-order valence-electron chi connectivity index (χ3n) is 5.16. The van der Waals surface area contributed by atoms with Crippen molar-refractivity contribution in [1.82, 2.24) is 9.55 Å². The molecule has 2 aliphatic rings. The van der Waals surface area contributed by atoms with Crippen molar-refractivity contribution in [2.24, 2.45) is 0 Å². The zero-order valence-electron chi connectivity index (χ0n) is 13.0. The number of nitrogens with one attached hydrogen (secondary N) is 1. The van der Waals surface area contributed by atoms with Crippen molar-refractivity contribution in [3.63, 3.8) is 0 Å². The number of imidazole rings is 1. The highest BCUT2D eigenvalue weighted by molar-refractivity contribution is 9.13. The largest absolute Gasteiger partial charge is 0.353 e. The zero-order chi connectivity index (χ0) is 16.0. The van der Waals surface area contributed by atoms with Crippen LogP contribution in [-0.4, -0.2) is 15.6 Å². The number of aromatic nitrogens is 2. The molecular formula is C17H20Br3N3. The van der Waals surface area contributed by atoms with E-state index in [1.54, 1.807) is 0 Å². The lowest BCUT2D eigenvalue weighted by atomic mass is 9.96. The summed E-state index contributed by atoms with van der Waals surface area (Å²) in [6, 6.07) is 0.583. The van der Waals surface area contributed by atoms with E-state index in [9.17, 15) is 0 Å². The summed E-state index contributed by atoms with van der Waals surface area (Å²) in [5.74, 6) is 1.06. The number of hydrogen-bond acceptors (Lipinski definition) is 2. The van der Waals surface area contributed by atoms with Crippen molar-refractivity contribution in [2.45, 2.75) is 62.9 Å². The highest BCUT2D eigenvalue weighted by Crippen LogP contribution is 2.42. The van der Waals surface area contributed by atoms with E-state index in [-0.39, 0.29) is 0 Å². The van der Waals surface area contributed by atoms with Crippen LogP contribution in [0.2, 0.25) is 0 Å². The smallest absolute Gasteiger partial charge is 0.204 e. The quantitative estimate of drug-likeness (QED) is 0.507. The highest BCUT2D eigenvalue weighted by Gasteiger charge is 2.26. The molecule has 2 heterocycles. The van der Waals surface area contributed by atoms with Crippen LogP contribution in [0.5, 0.6) is 0 Å². The Hall–Kier alpha value is -0.0700. The summed E-state index contributed by atoms with van der Waals surface area (Å²) >= 11 is 11.2. The van der Waals surface area contributed by atoms with Gasteiger partial charge >= 0.3 is 0 Å². The number of hydrogen-bond donors (Lipinski definition) is 1. The first-order valence-corrected chi connectivity index (χ1v) is 11.1. The van der Waals surface area contributed by atoms with Gasteiger partial charge in [0, 0.05) is 22.4 Å². The van der Waals surface area contributed by atoms with Gasteiger partial charge < -0.3 is 9.88 Å². The van der Waals surface area contributed by atoms with Crippen LogP contribution in [0.3, 0.4) is 0 Å². The molecule has 0 atom stereocenters. The first-order chi connectivity index (χ1) is 11.2. The molecule has 6 heteroatoms. The third-order valence-corrected chi connectivity index (χ3v) is 7.90. The summed E-state index contributed by atoms with van der Waals surface area (Å²) in [5, 5.41) is 4.61. The Balaban J connectivity index is 1.84. The summed E-state index contributed by atoms with van der Waals surface area (Å²) in [6.07, 6.45) is 8.93. The van der Waals surface area contributed by atoms with Crippen molar-refractivity contribution in [3.05, 3.63) is 20.1 Å². The van der Waals surface area contributed by atoms with Crippen LogP contribution in [0, 0.1) is 0 Å². The third kappa shape index (κ3) is 2.78. The number of benzene rings is 1. The fourth-order valence-corrected chi connectivity index (χ4v) is 6.08. The predicted octanol–water partition coefficient (Wildman–Crippen LogP) is 6.15. The maximum absolute atomic E-state index is 4.97. The fraction of sp³-hybridized carbons (Fsp3) is 0.588. The van der Waals surface area contributed by atoms with Crippen molar-refractivity contribution >= 4 is 64.8 Å². The summed E-state index contributed by atoms with van der Waals surface area (Å²) < 4.78 is 4.64. The lowest BCUT2D eigenvalue weighted by Gasteiger charge is -2.25. The Morgan fingerprint density at radius 3 is 2.61 bits per heavy atom. The topological polar surface area (TPSA) is 29.9 Å². The van der Waals surface area contributed by atoms with E-state index < -0.39 is 0 Å². The number of rotatable bonds is 3. The van der Waals surface area contributed by atoms with Gasteiger partial charge in [0.25, 0.3) is 0 Å². The van der Waals surface area contributed by atoms with Gasteiger partial charge in [-0.1, -0.05) is 35.2 Å². The summed E-state index contributed by atoms with van der Waals surface area (Å²) in [7, 11) is 0. The lowest BCUT2D eigenvalue weighted by Crippen LogP contribution is -2.25. The Bertz CT molecular complexity index is 748. The number of alkyl halides is 1. The van der Waals surface area contributed by atoms with E-state index in [4.69, 9.17) is 4.98 Å². The van der Waals surface area contributed by atoms with Crippen LogP contribution >= 0.6 is 47.8 Å². The highest BCUT2D eigenvalue weighted by atomic mass is 79.9. The maximum atomic E-state index is 4.97. The Labute approximate surface area is 162 Å². The average Bonchev–Trinajstić information content (AvgIpc) is 2.94. The second kappa shape index (κ2) is 6.68. The fourth-order valence-electron chi connectivity index (χ4n) is 4.00. The second-order valence-electron chi connectivity index (χ2n) is 6.59. The number of aryl methyl sites for hydroxylation is 2. The van der Waals surface area contributed by atoms with E-state index in [1.807, 2.05) is 0 Å². The molecule has 1 saturated carbocycles. The van der Waals surface area contributed by atoms with Crippen molar-refractivity contribution in [2.75, 3.05) is 5.32 Å². The molecule has 0 bridgehead atoms. The van der Waals surface area contributed by atoms with Gasteiger partial charge in [0.1, 0.15) is 5.52 Å². The van der Waals surface area contributed by atoms with Gasteiger partial charge in [-0.05, 0) is 68.7 Å². The SMILES string of the molecule is BrCc1c(Br)c(Br)c2nc(NC3CCCCC3)n3c2c1CCC3. The molecule has 1 fully saturated rings. The van der Waals surface area contributed by atoms with E-state index in [1.165, 1.54) is 55.2 Å². The molecule has 0 saturated heterocycles. The normalized spacial score (nSPS) is 18.6. The first-order valence-electron chi connectivity index (χ1n) is 8.42. The Morgan fingerprint density at radius 2 is 1.87 bits per heavy atom. The van der Waals surface area contributed by atoms with E-state index in [2.05, 4.69) is 57.7 Å². The van der Waals surface area contributed by atoms with Gasteiger partial charge in [0.05, 0.1) is 9.99 Å². The summed E-state index contributed by atoms with van der Waals surface area (Å²) in [5.41, 5.74) is 5.21. The Kier molecular flexibility index (Phi) is 4.76. The molecule has 1 aromatic heterocycles. The number of anilines is 1. The predicted molar refractivity (Wildman–Crippen MR) is 107 cm³/mol. The number of nitrogens with zero attached hydrogens (tertiary/aromatic N) is 2. The molecule has 2 aromatic rings. The van der Waals surface area contributed by atoms with Gasteiger partial charge in [0.15, 0.2) is 0 Å². The van der Waals surface area contributed by atoms with Crippen LogP contribution < -0.4 is 5.32 Å². The van der Waals surface area contributed by atoms with Crippen LogP contribution in [-0.2, 0) is 18.3 Å². The van der Waals surface area contributed by atoms with E-state index in [0.29, 0.717) is 6.04 Å². The van der Waals surface area contributed by atoms with Crippen molar-refractivity contribution in [3.8, 4) is 0 Å². The zero-order valence-corrected chi connectivity index (χ0v) is 17.7. The van der Waals surface area contributed by atoms with Gasteiger partial charge in [0.2, 0.25) is 5.95 Å². The van der Waals surface area contributed by atoms with Crippen LogP contribution in [0.4, 0.5) is 5.95 Å². The van der Waals surface area contributed by atoms with Gasteiger partial charge in [-0.15, -0.1) is 0 Å². The minimum atomic E-state index is 0.583. The summed E-state index contributed by atoms with van der Waals surface area (Å²) in [4.78, 5) is 4.97. The summed E-state index contributed by atoms with van der Waals surface area (Å²) in [6.45, 7) is 1.06. The molecule has 23 heavy (non-hydrogen) atoms. The molecule has 1 aromatic carbocycles. The Morgan fingerprint density at radius 1 is 1.09 bits per heavy atom. The monoisotopic (exact) mass is 503 g/mol. The molecule has 0 amide bonds. The molecule has 3 nitrogen and oxygen atoms in total. The van der Waals surface area contributed by atoms with Crippen molar-refractivity contribution in [1.29, 1.82) is 0 Å². The van der Waals surface area contributed by atoms with Crippen LogP contribution in [0.25, 0.3) is 11.0 Å². The van der Waals surface area contributed by atoms with E-state index >= 15 is 0 Å².